The van der Waals surface area contributed by atoms with Crippen LogP contribution < -0.4 is 5.32 Å². The first-order valence-corrected chi connectivity index (χ1v) is 9.95. The number of carbonyl (C=O) groups is 2. The molecule has 0 fully saturated rings. The maximum atomic E-state index is 12.9. The van der Waals surface area contributed by atoms with Gasteiger partial charge in [-0.25, -0.2) is 8.78 Å². The Labute approximate surface area is 177 Å². The van der Waals surface area contributed by atoms with Gasteiger partial charge in [0.15, 0.2) is 0 Å². The highest BCUT2D eigenvalue weighted by Crippen LogP contribution is 2.23. The predicted octanol–water partition coefficient (Wildman–Crippen LogP) is 4.60. The number of alkyl halides is 1. The van der Waals surface area contributed by atoms with Crippen LogP contribution in [0.4, 0.5) is 8.78 Å². The standard InChI is InChI=1S/C11H10FNO.C8H6FNO.C3H5Br/c1-2-5-13-7-8-6-9(12)3-4-10(8)11(13)14;9-6-1-2-7-5(3-6)4-10-8(7)11;1-2-3-4/h2-4,6H,1,5,7H2;1-3H,4H2,(H,10,11);2H,1,3H2. The van der Waals surface area contributed by atoms with Crippen molar-refractivity contribution in [2.75, 3.05) is 11.9 Å². The normalized spacial score (nSPS) is 13.3. The zero-order valence-electron chi connectivity index (χ0n) is 15.8. The fourth-order valence-electron chi connectivity index (χ4n) is 2.85. The second-order valence-electron chi connectivity index (χ2n) is 6.20. The van der Waals surface area contributed by atoms with Crippen molar-refractivity contribution in [3.63, 3.8) is 0 Å². The Kier molecular flexibility index (Phi) is 8.27. The first-order valence-electron chi connectivity index (χ1n) is 8.83. The average molecular weight is 463 g/mol. The van der Waals surface area contributed by atoms with E-state index in [-0.39, 0.29) is 23.4 Å². The molecule has 2 amide bonds. The molecular weight excluding hydrogens is 442 g/mol. The van der Waals surface area contributed by atoms with E-state index in [1.54, 1.807) is 17.1 Å². The van der Waals surface area contributed by atoms with Crippen LogP contribution in [0, 0.1) is 11.6 Å². The number of allylic oxidation sites excluding steroid dienone is 1. The summed E-state index contributed by atoms with van der Waals surface area (Å²) >= 11 is 3.13. The molecule has 0 aliphatic carbocycles. The average Bonchev–Trinajstić information content (AvgIpc) is 3.22. The number of halogens is 3. The summed E-state index contributed by atoms with van der Waals surface area (Å²) in [7, 11) is 0. The second-order valence-corrected chi connectivity index (χ2v) is 6.85. The molecule has 2 aromatic rings. The van der Waals surface area contributed by atoms with Crippen molar-refractivity contribution in [3.8, 4) is 0 Å². The molecule has 0 unspecified atom stereocenters. The van der Waals surface area contributed by atoms with Crippen LogP contribution >= 0.6 is 15.9 Å². The van der Waals surface area contributed by atoms with Gasteiger partial charge in [-0.05, 0) is 47.5 Å². The summed E-state index contributed by atoms with van der Waals surface area (Å²) in [6, 6.07) is 8.45. The molecule has 0 bridgehead atoms. The summed E-state index contributed by atoms with van der Waals surface area (Å²) in [5.74, 6) is -0.739. The van der Waals surface area contributed by atoms with Crippen LogP contribution in [0.5, 0.6) is 0 Å². The highest BCUT2D eigenvalue weighted by atomic mass is 79.9. The van der Waals surface area contributed by atoms with E-state index in [0.29, 0.717) is 30.8 Å². The number of fused-ring (bicyclic) bond motifs is 2. The molecule has 2 aliphatic rings. The van der Waals surface area contributed by atoms with Gasteiger partial charge in [-0.3, -0.25) is 9.59 Å². The van der Waals surface area contributed by atoms with Crippen molar-refractivity contribution in [2.45, 2.75) is 13.1 Å². The summed E-state index contributed by atoms with van der Waals surface area (Å²) in [5, 5.41) is 3.50. The summed E-state index contributed by atoms with van der Waals surface area (Å²) in [6.45, 7) is 8.45. The van der Waals surface area contributed by atoms with Crippen molar-refractivity contribution in [2.24, 2.45) is 0 Å². The number of benzene rings is 2. The maximum Gasteiger partial charge on any atom is 0.254 e. The fraction of sp³-hybridized carbons (Fsp3) is 0.182. The molecule has 7 heteroatoms. The molecule has 0 aromatic heterocycles. The van der Waals surface area contributed by atoms with Crippen LogP contribution in [0.15, 0.2) is 61.7 Å². The van der Waals surface area contributed by atoms with Crippen LogP contribution in [0.3, 0.4) is 0 Å². The molecule has 0 saturated heterocycles. The lowest BCUT2D eigenvalue weighted by atomic mass is 10.1. The number of hydrogen-bond acceptors (Lipinski definition) is 2. The molecule has 2 aromatic carbocycles. The number of hydrogen-bond donors (Lipinski definition) is 1. The summed E-state index contributed by atoms with van der Waals surface area (Å²) in [4.78, 5) is 24.2. The zero-order chi connectivity index (χ0) is 21.4. The van der Waals surface area contributed by atoms with Gasteiger partial charge in [0.25, 0.3) is 11.8 Å². The minimum absolute atomic E-state index is 0.0418. The van der Waals surface area contributed by atoms with E-state index in [4.69, 9.17) is 0 Å². The molecule has 152 valence electrons. The predicted molar refractivity (Wildman–Crippen MR) is 113 cm³/mol. The van der Waals surface area contributed by atoms with E-state index < -0.39 is 0 Å². The lowest BCUT2D eigenvalue weighted by Crippen LogP contribution is -2.23. The van der Waals surface area contributed by atoms with Crippen LogP contribution in [0.2, 0.25) is 0 Å². The minimum atomic E-state index is -0.294. The smallest absolute Gasteiger partial charge is 0.254 e. The van der Waals surface area contributed by atoms with Gasteiger partial charge in [-0.1, -0.05) is 28.1 Å². The van der Waals surface area contributed by atoms with Crippen LogP contribution in [-0.2, 0) is 13.1 Å². The molecule has 0 radical (unpaired) electrons. The van der Waals surface area contributed by atoms with E-state index in [1.165, 1.54) is 36.4 Å². The number of nitrogens with one attached hydrogen (secondary N) is 1. The number of carbonyl (C=O) groups excluding carboxylic acids is 2. The first kappa shape index (κ1) is 22.5. The molecule has 0 saturated carbocycles. The van der Waals surface area contributed by atoms with Gasteiger partial charge in [0.2, 0.25) is 0 Å². The Morgan fingerprint density at radius 2 is 1.59 bits per heavy atom. The molecule has 4 rings (SSSR count). The van der Waals surface area contributed by atoms with Crippen molar-refractivity contribution in [1.82, 2.24) is 10.2 Å². The van der Waals surface area contributed by atoms with Gasteiger partial charge in [0.1, 0.15) is 11.6 Å². The van der Waals surface area contributed by atoms with E-state index >= 15 is 0 Å². The molecule has 29 heavy (non-hydrogen) atoms. The lowest BCUT2D eigenvalue weighted by Gasteiger charge is -2.11. The van der Waals surface area contributed by atoms with Crippen molar-refractivity contribution >= 4 is 27.7 Å². The van der Waals surface area contributed by atoms with Gasteiger partial charge in [-0.15, -0.1) is 13.2 Å². The molecule has 2 heterocycles. The third-order valence-electron chi connectivity index (χ3n) is 4.16. The van der Waals surface area contributed by atoms with Crippen molar-refractivity contribution in [1.29, 1.82) is 0 Å². The number of rotatable bonds is 3. The van der Waals surface area contributed by atoms with Gasteiger partial charge >= 0.3 is 0 Å². The van der Waals surface area contributed by atoms with Gasteiger partial charge in [-0.2, -0.15) is 0 Å². The van der Waals surface area contributed by atoms with Gasteiger partial charge in [0.05, 0.1) is 0 Å². The molecule has 2 aliphatic heterocycles. The third kappa shape index (κ3) is 5.84. The quantitative estimate of drug-likeness (QED) is 0.534. The third-order valence-corrected chi connectivity index (χ3v) is 4.61. The molecular formula is C22H21BrF2N2O2. The van der Waals surface area contributed by atoms with Gasteiger partial charge < -0.3 is 10.2 Å². The highest BCUT2D eigenvalue weighted by Gasteiger charge is 2.26. The van der Waals surface area contributed by atoms with E-state index in [0.717, 1.165) is 16.5 Å². The topological polar surface area (TPSA) is 49.4 Å². The molecule has 0 spiro atoms. The Balaban J connectivity index is 0.000000179. The Morgan fingerprint density at radius 3 is 2.17 bits per heavy atom. The van der Waals surface area contributed by atoms with E-state index in [9.17, 15) is 18.4 Å². The summed E-state index contributed by atoms with van der Waals surface area (Å²) in [6.07, 6.45) is 3.46. The van der Waals surface area contributed by atoms with E-state index in [2.05, 4.69) is 34.4 Å². The highest BCUT2D eigenvalue weighted by molar-refractivity contribution is 9.09. The largest absolute Gasteiger partial charge is 0.348 e. The fourth-order valence-corrected chi connectivity index (χ4v) is 2.85. The minimum Gasteiger partial charge on any atom is -0.348 e. The second kappa shape index (κ2) is 10.7. The summed E-state index contributed by atoms with van der Waals surface area (Å²) in [5.41, 5.74) is 2.70. The summed E-state index contributed by atoms with van der Waals surface area (Å²) < 4.78 is 25.4. The Morgan fingerprint density at radius 1 is 1.00 bits per heavy atom. The monoisotopic (exact) mass is 462 g/mol. The lowest BCUT2D eigenvalue weighted by molar-refractivity contribution is 0.0796. The van der Waals surface area contributed by atoms with Crippen molar-refractivity contribution in [3.05, 3.63) is 95.6 Å². The zero-order valence-corrected chi connectivity index (χ0v) is 17.3. The van der Waals surface area contributed by atoms with Crippen LogP contribution in [0.1, 0.15) is 31.8 Å². The van der Waals surface area contributed by atoms with E-state index in [1.807, 2.05) is 0 Å². The maximum absolute atomic E-state index is 12.9. The SMILES string of the molecule is C=CCBr.C=CCN1Cc2cc(F)ccc2C1=O.O=C1NCc2cc(F)ccc21. The van der Waals surface area contributed by atoms with Crippen LogP contribution in [0.25, 0.3) is 0 Å². The Hall–Kier alpha value is -2.80. The van der Waals surface area contributed by atoms with Crippen LogP contribution in [-0.4, -0.2) is 28.6 Å². The number of amides is 2. The first-order chi connectivity index (χ1) is 13.9. The molecule has 1 N–H and O–H groups in total. The Bertz CT molecular complexity index is 931. The molecule has 0 atom stereocenters. The van der Waals surface area contributed by atoms with Gasteiger partial charge in [0, 0.05) is 36.1 Å². The van der Waals surface area contributed by atoms with Crippen molar-refractivity contribution < 1.29 is 18.4 Å². The molecule has 4 nitrogen and oxygen atoms in total. The number of nitrogens with zero attached hydrogens (tertiary/aromatic N) is 1.